The van der Waals surface area contributed by atoms with Gasteiger partial charge in [0.05, 0.1) is 13.2 Å². The fourth-order valence-electron chi connectivity index (χ4n) is 3.95. The highest BCUT2D eigenvalue weighted by molar-refractivity contribution is 6.30. The van der Waals surface area contributed by atoms with Gasteiger partial charge in [0, 0.05) is 5.02 Å². The van der Waals surface area contributed by atoms with Crippen molar-refractivity contribution in [3.63, 3.8) is 0 Å². The average Bonchev–Trinajstić information content (AvgIpc) is 3.03. The van der Waals surface area contributed by atoms with E-state index < -0.39 is 23.4 Å². The molecular weight excluding hydrogens is 430 g/mol. The molecule has 1 aliphatic heterocycles. The third kappa shape index (κ3) is 4.58. The summed E-state index contributed by atoms with van der Waals surface area (Å²) in [6.45, 7) is 5.44. The lowest BCUT2D eigenvalue weighted by molar-refractivity contribution is -0.135. The van der Waals surface area contributed by atoms with Gasteiger partial charge in [0.2, 0.25) is 5.91 Å². The molecule has 32 heavy (non-hydrogen) atoms. The van der Waals surface area contributed by atoms with Gasteiger partial charge in [-0.25, -0.2) is 4.79 Å². The summed E-state index contributed by atoms with van der Waals surface area (Å²) in [6.07, 6.45) is 0.345. The van der Waals surface area contributed by atoms with Crippen LogP contribution in [-0.4, -0.2) is 36.4 Å². The Balaban J connectivity index is 1.76. The molecule has 1 saturated heterocycles. The largest absolute Gasteiger partial charge is 0.497 e. The zero-order valence-electron chi connectivity index (χ0n) is 18.6. The maximum absolute atomic E-state index is 13.3. The SMILES string of the molecule is CCC1(c2ccc(Cl)cc2)NC(=O)N(CC(=O)NC(c2ccc(OC)cc2)C(C)C)C1=O. The molecule has 170 valence electrons. The van der Waals surface area contributed by atoms with E-state index in [1.165, 1.54) is 0 Å². The molecule has 1 heterocycles. The van der Waals surface area contributed by atoms with Crippen LogP contribution in [0.4, 0.5) is 4.79 Å². The van der Waals surface area contributed by atoms with Crippen LogP contribution >= 0.6 is 11.6 Å². The minimum atomic E-state index is -1.21. The number of urea groups is 1. The van der Waals surface area contributed by atoms with Crippen molar-refractivity contribution in [2.24, 2.45) is 5.92 Å². The Morgan fingerprint density at radius 1 is 1.12 bits per heavy atom. The van der Waals surface area contributed by atoms with Crippen LogP contribution in [0.5, 0.6) is 5.75 Å². The van der Waals surface area contributed by atoms with E-state index in [-0.39, 0.29) is 18.5 Å². The Hall–Kier alpha value is -3.06. The fourth-order valence-corrected chi connectivity index (χ4v) is 4.08. The van der Waals surface area contributed by atoms with Crippen molar-refractivity contribution < 1.29 is 19.1 Å². The number of methoxy groups -OCH3 is 1. The lowest BCUT2D eigenvalue weighted by Crippen LogP contribution is -2.45. The zero-order chi connectivity index (χ0) is 23.5. The van der Waals surface area contributed by atoms with Gasteiger partial charge in [-0.2, -0.15) is 0 Å². The predicted molar refractivity (Wildman–Crippen MR) is 122 cm³/mol. The highest BCUT2D eigenvalue weighted by Gasteiger charge is 2.51. The molecule has 0 spiro atoms. The Morgan fingerprint density at radius 2 is 1.75 bits per heavy atom. The second kappa shape index (κ2) is 9.61. The number of ether oxygens (including phenoxy) is 1. The fraction of sp³-hybridized carbons (Fsp3) is 0.375. The van der Waals surface area contributed by atoms with Crippen molar-refractivity contribution in [2.45, 2.75) is 38.8 Å². The lowest BCUT2D eigenvalue weighted by Gasteiger charge is -2.26. The summed E-state index contributed by atoms with van der Waals surface area (Å²) < 4.78 is 5.19. The molecule has 7 nitrogen and oxygen atoms in total. The van der Waals surface area contributed by atoms with Crippen molar-refractivity contribution in [3.05, 3.63) is 64.7 Å². The number of hydrogen-bond donors (Lipinski definition) is 2. The van der Waals surface area contributed by atoms with Crippen molar-refractivity contribution in [3.8, 4) is 5.75 Å². The maximum Gasteiger partial charge on any atom is 0.325 e. The summed E-state index contributed by atoms with van der Waals surface area (Å²) in [5.41, 5.74) is 0.328. The van der Waals surface area contributed by atoms with Crippen LogP contribution in [0, 0.1) is 5.92 Å². The second-order valence-corrected chi connectivity index (χ2v) is 8.59. The number of halogens is 1. The summed E-state index contributed by atoms with van der Waals surface area (Å²) >= 11 is 5.97. The predicted octanol–water partition coefficient (Wildman–Crippen LogP) is 4.02. The molecule has 2 aromatic carbocycles. The molecule has 1 aliphatic rings. The molecule has 2 unspecified atom stereocenters. The Kier molecular flexibility index (Phi) is 7.09. The number of carbonyl (C=O) groups is 3. The number of hydrogen-bond acceptors (Lipinski definition) is 4. The third-order valence-electron chi connectivity index (χ3n) is 5.80. The molecule has 2 N–H and O–H groups in total. The van der Waals surface area contributed by atoms with Gasteiger partial charge >= 0.3 is 6.03 Å². The quantitative estimate of drug-likeness (QED) is 0.586. The molecular formula is C24H28ClN3O4. The second-order valence-electron chi connectivity index (χ2n) is 8.15. The van der Waals surface area contributed by atoms with Gasteiger partial charge in [0.25, 0.3) is 5.91 Å². The topological polar surface area (TPSA) is 87.7 Å². The van der Waals surface area contributed by atoms with Crippen LogP contribution in [0.15, 0.2) is 48.5 Å². The van der Waals surface area contributed by atoms with E-state index >= 15 is 0 Å². The first-order valence-corrected chi connectivity index (χ1v) is 10.9. The first-order valence-electron chi connectivity index (χ1n) is 10.5. The van der Waals surface area contributed by atoms with Gasteiger partial charge in [-0.15, -0.1) is 0 Å². The lowest BCUT2D eigenvalue weighted by atomic mass is 9.87. The monoisotopic (exact) mass is 457 g/mol. The number of carbonyl (C=O) groups excluding carboxylic acids is 3. The van der Waals surface area contributed by atoms with Crippen molar-refractivity contribution in [1.29, 1.82) is 0 Å². The molecule has 1 fully saturated rings. The van der Waals surface area contributed by atoms with Gasteiger partial charge in [-0.05, 0) is 47.7 Å². The smallest absolute Gasteiger partial charge is 0.325 e. The van der Waals surface area contributed by atoms with Crippen LogP contribution in [0.1, 0.15) is 44.4 Å². The molecule has 3 rings (SSSR count). The summed E-state index contributed by atoms with van der Waals surface area (Å²) in [4.78, 5) is 39.8. The standard InChI is InChI=1S/C24H28ClN3O4/c1-5-24(17-8-10-18(25)11-9-17)22(30)28(23(31)27-24)14-20(29)26-21(15(2)3)16-6-12-19(32-4)13-7-16/h6-13,15,21H,5,14H2,1-4H3,(H,26,29)(H,27,31). The normalized spacial score (nSPS) is 19.1. The summed E-state index contributed by atoms with van der Waals surface area (Å²) in [5, 5.41) is 6.27. The number of imide groups is 1. The summed E-state index contributed by atoms with van der Waals surface area (Å²) in [5.74, 6) is -0.0432. The van der Waals surface area contributed by atoms with Crippen LogP contribution in [-0.2, 0) is 15.1 Å². The van der Waals surface area contributed by atoms with E-state index in [0.29, 0.717) is 17.0 Å². The Morgan fingerprint density at radius 3 is 2.28 bits per heavy atom. The molecule has 0 aromatic heterocycles. The molecule has 0 radical (unpaired) electrons. The van der Waals surface area contributed by atoms with Crippen molar-refractivity contribution in [2.75, 3.05) is 13.7 Å². The summed E-state index contributed by atoms with van der Waals surface area (Å²) in [7, 11) is 1.59. The van der Waals surface area contributed by atoms with E-state index in [2.05, 4.69) is 10.6 Å². The highest BCUT2D eigenvalue weighted by Crippen LogP contribution is 2.33. The maximum atomic E-state index is 13.3. The average molecular weight is 458 g/mol. The number of rotatable bonds is 8. The first-order chi connectivity index (χ1) is 15.2. The molecule has 2 aromatic rings. The van der Waals surface area contributed by atoms with Gasteiger partial charge in [0.15, 0.2) is 0 Å². The van der Waals surface area contributed by atoms with Gasteiger partial charge in [-0.3, -0.25) is 14.5 Å². The van der Waals surface area contributed by atoms with Gasteiger partial charge < -0.3 is 15.4 Å². The molecule has 8 heteroatoms. The highest BCUT2D eigenvalue weighted by atomic mass is 35.5. The molecule has 0 saturated carbocycles. The van der Waals surface area contributed by atoms with Gasteiger partial charge in [0.1, 0.15) is 17.8 Å². The first kappa shape index (κ1) is 23.6. The van der Waals surface area contributed by atoms with E-state index in [1.807, 2.05) is 45.0 Å². The zero-order valence-corrected chi connectivity index (χ0v) is 19.4. The van der Waals surface area contributed by atoms with E-state index in [9.17, 15) is 14.4 Å². The number of amides is 4. The molecule has 2 atom stereocenters. The van der Waals surface area contributed by atoms with Crippen LogP contribution in [0.3, 0.4) is 0 Å². The number of nitrogens with one attached hydrogen (secondary N) is 2. The number of nitrogens with zero attached hydrogens (tertiary/aromatic N) is 1. The van der Waals surface area contributed by atoms with Crippen molar-refractivity contribution in [1.82, 2.24) is 15.5 Å². The van der Waals surface area contributed by atoms with Crippen LogP contribution < -0.4 is 15.4 Å². The third-order valence-corrected chi connectivity index (χ3v) is 6.05. The minimum absolute atomic E-state index is 0.0965. The van der Waals surface area contributed by atoms with Gasteiger partial charge in [-0.1, -0.05) is 56.6 Å². The van der Waals surface area contributed by atoms with E-state index in [0.717, 1.165) is 16.2 Å². The van der Waals surface area contributed by atoms with Crippen LogP contribution in [0.25, 0.3) is 0 Å². The number of benzene rings is 2. The summed E-state index contributed by atoms with van der Waals surface area (Å²) in [6, 6.07) is 13.3. The van der Waals surface area contributed by atoms with E-state index in [1.54, 1.807) is 31.4 Å². The van der Waals surface area contributed by atoms with Crippen LogP contribution in [0.2, 0.25) is 5.02 Å². The molecule has 4 amide bonds. The van der Waals surface area contributed by atoms with Crippen molar-refractivity contribution >= 4 is 29.4 Å². The Labute approximate surface area is 193 Å². The minimum Gasteiger partial charge on any atom is -0.497 e. The van der Waals surface area contributed by atoms with E-state index in [4.69, 9.17) is 16.3 Å². The molecule has 0 aliphatic carbocycles. The molecule has 0 bridgehead atoms. The Bertz CT molecular complexity index is 991.